The molecule has 1 aliphatic heterocycles. The summed E-state index contributed by atoms with van der Waals surface area (Å²) in [5.74, 6) is -1.14. The number of benzene rings is 2. The van der Waals surface area contributed by atoms with Crippen LogP contribution in [0.4, 0.5) is 0 Å². The molecule has 1 heterocycles. The molecule has 1 fully saturated rings. The van der Waals surface area contributed by atoms with E-state index in [1.54, 1.807) is 6.92 Å². The Kier molecular flexibility index (Phi) is 5.94. The molecule has 2 aromatic carbocycles. The van der Waals surface area contributed by atoms with Gasteiger partial charge in [-0.3, -0.25) is 4.90 Å². The topological polar surface area (TPSA) is 86.7 Å². The third kappa shape index (κ3) is 4.94. The first-order valence-corrected chi connectivity index (χ1v) is 10.5. The Labute approximate surface area is 159 Å². The summed E-state index contributed by atoms with van der Waals surface area (Å²) < 4.78 is 28.4. The van der Waals surface area contributed by atoms with Crippen LogP contribution in [0, 0.1) is 6.92 Å². The van der Waals surface area contributed by atoms with Gasteiger partial charge in [-0.2, -0.15) is 0 Å². The summed E-state index contributed by atoms with van der Waals surface area (Å²) in [5, 5.41) is 9.14. The average molecular weight is 388 g/mol. The molecule has 0 bridgehead atoms. The summed E-state index contributed by atoms with van der Waals surface area (Å²) in [7, 11) is -3.78. The Morgan fingerprint density at radius 3 is 2.67 bits per heavy atom. The van der Waals surface area contributed by atoms with Gasteiger partial charge in [-0.1, -0.05) is 36.4 Å². The number of piperidine rings is 1. The van der Waals surface area contributed by atoms with Gasteiger partial charge in [-0.15, -0.1) is 0 Å². The van der Waals surface area contributed by atoms with Gasteiger partial charge in [0.2, 0.25) is 10.0 Å². The number of carboxylic acids is 1. The molecule has 1 saturated heterocycles. The lowest BCUT2D eigenvalue weighted by molar-refractivity contribution is 0.0696. The van der Waals surface area contributed by atoms with E-state index in [1.807, 2.05) is 18.2 Å². The predicted octanol–water partition coefficient (Wildman–Crippen LogP) is 2.64. The monoisotopic (exact) mass is 388 g/mol. The van der Waals surface area contributed by atoms with Crippen LogP contribution < -0.4 is 4.72 Å². The number of aryl methyl sites for hydroxylation is 1. The first-order valence-electron chi connectivity index (χ1n) is 8.98. The lowest BCUT2D eigenvalue weighted by Crippen LogP contribution is -2.47. The van der Waals surface area contributed by atoms with E-state index in [0.717, 1.165) is 25.9 Å². The number of hydrogen-bond donors (Lipinski definition) is 2. The van der Waals surface area contributed by atoms with E-state index >= 15 is 0 Å². The van der Waals surface area contributed by atoms with Crippen LogP contribution in [-0.2, 0) is 16.6 Å². The van der Waals surface area contributed by atoms with Gasteiger partial charge in [0.25, 0.3) is 0 Å². The molecule has 1 unspecified atom stereocenters. The van der Waals surface area contributed by atoms with E-state index in [4.69, 9.17) is 5.11 Å². The Morgan fingerprint density at radius 1 is 1.22 bits per heavy atom. The second-order valence-electron chi connectivity index (χ2n) is 6.97. The van der Waals surface area contributed by atoms with Crippen LogP contribution in [0.1, 0.15) is 34.3 Å². The summed E-state index contributed by atoms with van der Waals surface area (Å²) in [6, 6.07) is 14.1. The summed E-state index contributed by atoms with van der Waals surface area (Å²) in [6.07, 6.45) is 1.68. The van der Waals surface area contributed by atoms with E-state index in [9.17, 15) is 13.2 Å². The van der Waals surface area contributed by atoms with Gasteiger partial charge in [-0.25, -0.2) is 17.9 Å². The van der Waals surface area contributed by atoms with Gasteiger partial charge in [-0.05, 0) is 49.6 Å². The van der Waals surface area contributed by atoms with Crippen LogP contribution in [0.5, 0.6) is 0 Å². The molecular weight excluding hydrogens is 364 g/mol. The summed E-state index contributed by atoms with van der Waals surface area (Å²) in [4.78, 5) is 13.4. The Balaban J connectivity index is 1.72. The van der Waals surface area contributed by atoms with Crippen molar-refractivity contribution in [1.82, 2.24) is 9.62 Å². The minimum Gasteiger partial charge on any atom is -0.478 e. The SMILES string of the molecule is Cc1ccc(C(=O)O)cc1S(=O)(=O)NC1CCCN(Cc2ccccc2)C1. The molecule has 1 aliphatic rings. The quantitative estimate of drug-likeness (QED) is 0.794. The van der Waals surface area contributed by atoms with Crippen LogP contribution in [-0.4, -0.2) is 43.5 Å². The Hall–Kier alpha value is -2.22. The highest BCUT2D eigenvalue weighted by atomic mass is 32.2. The molecule has 6 nitrogen and oxygen atoms in total. The predicted molar refractivity (Wildman–Crippen MR) is 103 cm³/mol. The molecule has 27 heavy (non-hydrogen) atoms. The van der Waals surface area contributed by atoms with Gasteiger partial charge in [0.15, 0.2) is 0 Å². The molecule has 144 valence electrons. The maximum Gasteiger partial charge on any atom is 0.335 e. The number of likely N-dealkylation sites (tertiary alicyclic amines) is 1. The summed E-state index contributed by atoms with van der Waals surface area (Å²) in [5.41, 5.74) is 1.70. The third-order valence-corrected chi connectivity index (χ3v) is 6.46. The van der Waals surface area contributed by atoms with E-state index in [0.29, 0.717) is 12.1 Å². The molecule has 0 radical (unpaired) electrons. The highest BCUT2D eigenvalue weighted by molar-refractivity contribution is 7.89. The van der Waals surface area contributed by atoms with Gasteiger partial charge < -0.3 is 5.11 Å². The van der Waals surface area contributed by atoms with Crippen LogP contribution >= 0.6 is 0 Å². The van der Waals surface area contributed by atoms with E-state index in [-0.39, 0.29) is 16.5 Å². The molecular formula is C20H24N2O4S. The maximum atomic E-state index is 12.8. The van der Waals surface area contributed by atoms with Gasteiger partial charge in [0.1, 0.15) is 0 Å². The van der Waals surface area contributed by atoms with Crippen LogP contribution in [0.2, 0.25) is 0 Å². The largest absolute Gasteiger partial charge is 0.478 e. The molecule has 0 aromatic heterocycles. The van der Waals surface area contributed by atoms with Crippen molar-refractivity contribution in [3.63, 3.8) is 0 Å². The highest BCUT2D eigenvalue weighted by Gasteiger charge is 2.26. The molecule has 2 N–H and O–H groups in total. The van der Waals surface area contributed by atoms with Crippen LogP contribution in [0.3, 0.4) is 0 Å². The van der Waals surface area contributed by atoms with Crippen molar-refractivity contribution >= 4 is 16.0 Å². The smallest absolute Gasteiger partial charge is 0.335 e. The molecule has 0 aliphatic carbocycles. The maximum absolute atomic E-state index is 12.8. The molecule has 7 heteroatoms. The molecule has 0 saturated carbocycles. The number of rotatable bonds is 6. The average Bonchev–Trinajstić information content (AvgIpc) is 2.62. The highest BCUT2D eigenvalue weighted by Crippen LogP contribution is 2.20. The lowest BCUT2D eigenvalue weighted by atomic mass is 10.1. The van der Waals surface area contributed by atoms with Gasteiger partial charge in [0.05, 0.1) is 10.5 Å². The van der Waals surface area contributed by atoms with E-state index in [1.165, 1.54) is 23.8 Å². The van der Waals surface area contributed by atoms with Gasteiger partial charge >= 0.3 is 5.97 Å². The minimum atomic E-state index is -3.78. The first-order chi connectivity index (χ1) is 12.8. The fraction of sp³-hybridized carbons (Fsp3) is 0.350. The molecule has 1 atom stereocenters. The van der Waals surface area contributed by atoms with E-state index in [2.05, 4.69) is 21.8 Å². The Morgan fingerprint density at radius 2 is 1.96 bits per heavy atom. The van der Waals surface area contributed by atoms with Crippen LogP contribution in [0.25, 0.3) is 0 Å². The number of carboxylic acid groups (broad SMARTS) is 1. The van der Waals surface area contributed by atoms with Crippen molar-refractivity contribution in [3.05, 3.63) is 65.2 Å². The zero-order valence-electron chi connectivity index (χ0n) is 15.3. The molecule has 0 spiro atoms. The lowest BCUT2D eigenvalue weighted by Gasteiger charge is -2.33. The number of hydrogen-bond acceptors (Lipinski definition) is 4. The van der Waals surface area contributed by atoms with Crippen molar-refractivity contribution < 1.29 is 18.3 Å². The normalized spacial score (nSPS) is 18.3. The van der Waals surface area contributed by atoms with Gasteiger partial charge in [0, 0.05) is 19.1 Å². The second kappa shape index (κ2) is 8.21. The van der Waals surface area contributed by atoms with Crippen molar-refractivity contribution in [1.29, 1.82) is 0 Å². The fourth-order valence-electron chi connectivity index (χ4n) is 3.44. The first kappa shape index (κ1) is 19.5. The second-order valence-corrected chi connectivity index (χ2v) is 8.65. The molecule has 3 rings (SSSR count). The zero-order valence-corrected chi connectivity index (χ0v) is 16.1. The van der Waals surface area contributed by atoms with Crippen molar-refractivity contribution in [2.24, 2.45) is 0 Å². The van der Waals surface area contributed by atoms with Crippen molar-refractivity contribution in [3.8, 4) is 0 Å². The minimum absolute atomic E-state index is 0.0302. The summed E-state index contributed by atoms with van der Waals surface area (Å²) >= 11 is 0. The number of aromatic carboxylic acids is 1. The summed E-state index contributed by atoms with van der Waals surface area (Å²) in [6.45, 7) is 4.02. The number of nitrogens with one attached hydrogen (secondary N) is 1. The van der Waals surface area contributed by atoms with Crippen molar-refractivity contribution in [2.45, 2.75) is 37.2 Å². The molecule has 2 aromatic rings. The third-order valence-electron chi connectivity index (χ3n) is 4.80. The van der Waals surface area contributed by atoms with Crippen LogP contribution in [0.15, 0.2) is 53.4 Å². The van der Waals surface area contributed by atoms with E-state index < -0.39 is 16.0 Å². The molecule has 0 amide bonds. The number of nitrogens with zero attached hydrogens (tertiary/aromatic N) is 1. The number of sulfonamides is 1. The fourth-order valence-corrected chi connectivity index (χ4v) is 4.97. The standard InChI is InChI=1S/C20H24N2O4S/c1-15-9-10-17(20(23)24)12-19(15)27(25,26)21-18-8-5-11-22(14-18)13-16-6-3-2-4-7-16/h2-4,6-7,9-10,12,18,21H,5,8,11,13-14H2,1H3,(H,23,24). The Bertz CT molecular complexity index is 913. The number of carbonyl (C=O) groups is 1. The van der Waals surface area contributed by atoms with Crippen molar-refractivity contribution in [2.75, 3.05) is 13.1 Å². The zero-order chi connectivity index (χ0) is 19.4.